The summed E-state index contributed by atoms with van der Waals surface area (Å²) in [4.78, 5) is 11.1. The van der Waals surface area contributed by atoms with Gasteiger partial charge < -0.3 is 20.3 Å². The van der Waals surface area contributed by atoms with Crippen LogP contribution in [0.1, 0.15) is 35.7 Å². The highest BCUT2D eigenvalue weighted by atomic mass is 79.9. The Balaban J connectivity index is 2.47. The molecule has 7 heteroatoms. The number of benzene rings is 2. The molecule has 0 aromatic heterocycles. The Labute approximate surface area is 157 Å². The van der Waals surface area contributed by atoms with Crippen molar-refractivity contribution < 1.29 is 19.4 Å². The largest absolute Gasteiger partial charge is 0.494 e. The van der Waals surface area contributed by atoms with Crippen molar-refractivity contribution in [1.82, 2.24) is 0 Å². The van der Waals surface area contributed by atoms with E-state index >= 15 is 0 Å². The summed E-state index contributed by atoms with van der Waals surface area (Å²) in [5.41, 5.74) is 7.62. The molecular weight excluding hydrogens is 442 g/mol. The third-order valence-corrected chi connectivity index (χ3v) is 4.59. The summed E-state index contributed by atoms with van der Waals surface area (Å²) in [6.45, 7) is 4.07. The van der Waals surface area contributed by atoms with Crippen LogP contribution in [0.3, 0.4) is 0 Å². The predicted molar refractivity (Wildman–Crippen MR) is 100 cm³/mol. The number of anilines is 1. The second-order valence-corrected chi connectivity index (χ2v) is 7.17. The number of ether oxygens (including phenoxy) is 2. The van der Waals surface area contributed by atoms with Gasteiger partial charge in [-0.2, -0.15) is 0 Å². The van der Waals surface area contributed by atoms with Crippen molar-refractivity contribution in [2.45, 2.75) is 19.8 Å². The van der Waals surface area contributed by atoms with Gasteiger partial charge in [-0.1, -0.05) is 13.8 Å². The molecule has 0 unspecified atom stereocenters. The fourth-order valence-corrected chi connectivity index (χ4v) is 3.62. The lowest BCUT2D eigenvalue weighted by Crippen LogP contribution is -2.01. The van der Waals surface area contributed by atoms with Gasteiger partial charge in [-0.25, -0.2) is 4.79 Å². The average molecular weight is 459 g/mol. The van der Waals surface area contributed by atoms with E-state index in [1.54, 1.807) is 13.2 Å². The molecule has 0 fully saturated rings. The van der Waals surface area contributed by atoms with Gasteiger partial charge in [0.05, 0.1) is 27.3 Å². The molecule has 0 heterocycles. The number of carboxylic acids is 1. The van der Waals surface area contributed by atoms with Gasteiger partial charge >= 0.3 is 5.97 Å². The number of hydrogen-bond acceptors (Lipinski definition) is 4. The summed E-state index contributed by atoms with van der Waals surface area (Å²) < 4.78 is 12.3. The Morgan fingerprint density at radius 1 is 1.12 bits per heavy atom. The first-order valence-electron chi connectivity index (χ1n) is 7.12. The summed E-state index contributed by atoms with van der Waals surface area (Å²) >= 11 is 6.69. The van der Waals surface area contributed by atoms with E-state index < -0.39 is 5.97 Å². The number of nitrogen functional groups attached to an aromatic ring is 1. The van der Waals surface area contributed by atoms with Crippen LogP contribution in [0.15, 0.2) is 33.2 Å². The van der Waals surface area contributed by atoms with Crippen molar-refractivity contribution in [3.05, 3.63) is 44.3 Å². The monoisotopic (exact) mass is 457 g/mol. The number of rotatable bonds is 5. The first kappa shape index (κ1) is 18.6. The van der Waals surface area contributed by atoms with Crippen LogP contribution in [0, 0.1) is 0 Å². The molecule has 128 valence electrons. The van der Waals surface area contributed by atoms with Crippen molar-refractivity contribution in [3.63, 3.8) is 0 Å². The van der Waals surface area contributed by atoms with Crippen LogP contribution in [0.25, 0.3) is 0 Å². The Morgan fingerprint density at radius 3 is 2.17 bits per heavy atom. The molecule has 2 rings (SSSR count). The molecule has 0 saturated heterocycles. The zero-order valence-corrected chi connectivity index (χ0v) is 16.6. The number of halogens is 2. The van der Waals surface area contributed by atoms with E-state index in [1.807, 2.05) is 19.9 Å². The van der Waals surface area contributed by atoms with Crippen molar-refractivity contribution in [2.24, 2.45) is 0 Å². The fourth-order valence-electron chi connectivity index (χ4n) is 2.27. The molecule has 0 aliphatic heterocycles. The maximum absolute atomic E-state index is 11.1. The van der Waals surface area contributed by atoms with Crippen LogP contribution in [0.2, 0.25) is 0 Å². The minimum atomic E-state index is -1.02. The first-order chi connectivity index (χ1) is 11.2. The van der Waals surface area contributed by atoms with E-state index in [0.29, 0.717) is 31.9 Å². The quantitative estimate of drug-likeness (QED) is 0.585. The topological polar surface area (TPSA) is 81.8 Å². The average Bonchev–Trinajstić information content (AvgIpc) is 2.49. The SMILES string of the molecule is COc1c(N)cc(Oc2c(Br)cc(C(=O)O)cc2Br)cc1C(C)C. The van der Waals surface area contributed by atoms with Crippen LogP contribution in [-0.2, 0) is 0 Å². The first-order valence-corrected chi connectivity index (χ1v) is 8.70. The molecule has 0 atom stereocenters. The minimum absolute atomic E-state index is 0.151. The van der Waals surface area contributed by atoms with E-state index in [4.69, 9.17) is 20.3 Å². The summed E-state index contributed by atoms with van der Waals surface area (Å²) in [7, 11) is 1.58. The van der Waals surface area contributed by atoms with Gasteiger partial charge in [-0.3, -0.25) is 0 Å². The molecule has 0 radical (unpaired) electrons. The van der Waals surface area contributed by atoms with Crippen LogP contribution < -0.4 is 15.2 Å². The Kier molecular flexibility index (Phi) is 5.77. The fraction of sp³-hybridized carbons (Fsp3) is 0.235. The third-order valence-electron chi connectivity index (χ3n) is 3.41. The lowest BCUT2D eigenvalue weighted by Gasteiger charge is -2.17. The standard InChI is InChI=1S/C17H17Br2NO4/c1-8(2)11-6-10(7-14(20)15(11)23-3)24-16-12(18)4-9(17(21)22)5-13(16)19/h4-8H,20H2,1-3H3,(H,21,22). The number of nitrogens with two attached hydrogens (primary N) is 1. The highest BCUT2D eigenvalue weighted by Gasteiger charge is 2.17. The van der Waals surface area contributed by atoms with E-state index in [0.717, 1.165) is 5.56 Å². The van der Waals surface area contributed by atoms with E-state index in [-0.39, 0.29) is 11.5 Å². The molecule has 3 N–H and O–H groups in total. The van der Waals surface area contributed by atoms with Gasteiger partial charge in [0.25, 0.3) is 0 Å². The lowest BCUT2D eigenvalue weighted by atomic mass is 10.0. The number of carboxylic acid groups (broad SMARTS) is 1. The molecule has 5 nitrogen and oxygen atoms in total. The molecular formula is C17H17Br2NO4. The molecule has 0 spiro atoms. The molecule has 0 bridgehead atoms. The highest BCUT2D eigenvalue weighted by Crippen LogP contribution is 2.41. The normalized spacial score (nSPS) is 10.8. The summed E-state index contributed by atoms with van der Waals surface area (Å²) in [6, 6.07) is 6.51. The van der Waals surface area contributed by atoms with Gasteiger partial charge in [0, 0.05) is 11.6 Å². The van der Waals surface area contributed by atoms with Gasteiger partial charge in [-0.05, 0) is 56.0 Å². The molecule has 0 saturated carbocycles. The summed E-state index contributed by atoms with van der Waals surface area (Å²) in [5.74, 6) is 0.836. The Morgan fingerprint density at radius 2 is 1.71 bits per heavy atom. The van der Waals surface area contributed by atoms with Gasteiger partial charge in [0.15, 0.2) is 5.75 Å². The second-order valence-electron chi connectivity index (χ2n) is 5.47. The van der Waals surface area contributed by atoms with Gasteiger partial charge in [0.2, 0.25) is 0 Å². The third kappa shape index (κ3) is 3.84. The number of methoxy groups -OCH3 is 1. The lowest BCUT2D eigenvalue weighted by molar-refractivity contribution is 0.0696. The Hall–Kier alpha value is -1.73. The zero-order chi connectivity index (χ0) is 18.0. The molecule has 2 aromatic rings. The van der Waals surface area contributed by atoms with Crippen LogP contribution >= 0.6 is 31.9 Å². The van der Waals surface area contributed by atoms with Crippen LogP contribution in [0.4, 0.5) is 5.69 Å². The van der Waals surface area contributed by atoms with Crippen molar-refractivity contribution in [2.75, 3.05) is 12.8 Å². The van der Waals surface area contributed by atoms with Crippen molar-refractivity contribution in [3.8, 4) is 17.2 Å². The van der Waals surface area contributed by atoms with Crippen LogP contribution in [-0.4, -0.2) is 18.2 Å². The molecule has 2 aromatic carbocycles. The minimum Gasteiger partial charge on any atom is -0.494 e. The number of aromatic carboxylic acids is 1. The summed E-state index contributed by atoms with van der Waals surface area (Å²) in [6.07, 6.45) is 0. The van der Waals surface area contributed by atoms with E-state index in [1.165, 1.54) is 12.1 Å². The van der Waals surface area contributed by atoms with Gasteiger partial charge in [-0.15, -0.1) is 0 Å². The predicted octanol–water partition coefficient (Wildman–Crippen LogP) is 5.42. The van der Waals surface area contributed by atoms with Crippen molar-refractivity contribution in [1.29, 1.82) is 0 Å². The summed E-state index contributed by atoms with van der Waals surface area (Å²) in [5, 5.41) is 9.09. The number of carbonyl (C=O) groups is 1. The molecule has 0 aliphatic carbocycles. The second kappa shape index (κ2) is 7.44. The maximum Gasteiger partial charge on any atom is 0.335 e. The smallest absolute Gasteiger partial charge is 0.335 e. The van der Waals surface area contributed by atoms with Crippen molar-refractivity contribution >= 4 is 43.5 Å². The van der Waals surface area contributed by atoms with Gasteiger partial charge in [0.1, 0.15) is 11.5 Å². The highest BCUT2D eigenvalue weighted by molar-refractivity contribution is 9.11. The molecule has 0 amide bonds. The maximum atomic E-state index is 11.1. The molecule has 24 heavy (non-hydrogen) atoms. The number of hydrogen-bond donors (Lipinski definition) is 2. The van der Waals surface area contributed by atoms with E-state index in [9.17, 15) is 4.79 Å². The Bertz CT molecular complexity index is 767. The van der Waals surface area contributed by atoms with Crippen LogP contribution in [0.5, 0.6) is 17.2 Å². The molecule has 0 aliphatic rings. The zero-order valence-electron chi connectivity index (χ0n) is 13.4. The van der Waals surface area contributed by atoms with E-state index in [2.05, 4.69) is 31.9 Å².